The van der Waals surface area contributed by atoms with Crippen LogP contribution in [0.15, 0.2) is 51.2 Å². The number of cyclic esters (lactones) is 1. The Bertz CT molecular complexity index is 877. The topological polar surface area (TPSA) is 86.0 Å². The predicted octanol–water partition coefficient (Wildman–Crippen LogP) is 2.57. The molecular formula is C19H20O6. The minimum absolute atomic E-state index is 0.293. The molecule has 132 valence electrons. The first kappa shape index (κ1) is 17.2. The van der Waals surface area contributed by atoms with Crippen molar-refractivity contribution >= 4 is 16.9 Å². The van der Waals surface area contributed by atoms with Crippen LogP contribution in [0.1, 0.15) is 26.7 Å². The van der Waals surface area contributed by atoms with E-state index in [9.17, 15) is 14.7 Å². The van der Waals surface area contributed by atoms with Gasteiger partial charge in [0.15, 0.2) is 5.60 Å². The standard InChI is InChI=1S/C19H20O6/c1-12(9-15-11-19(2,22)18(21)24-15)7-8-23-14-5-3-13-4-6-17(20)25-16(13)10-14/h3-7,10,15,22H,8-9,11H2,1-2H3. The largest absolute Gasteiger partial charge is 0.489 e. The maximum Gasteiger partial charge on any atom is 0.338 e. The minimum Gasteiger partial charge on any atom is -0.489 e. The van der Waals surface area contributed by atoms with Crippen LogP contribution >= 0.6 is 0 Å². The fraction of sp³-hybridized carbons (Fsp3) is 0.368. The fourth-order valence-corrected chi connectivity index (χ4v) is 2.81. The Labute approximate surface area is 144 Å². The van der Waals surface area contributed by atoms with E-state index < -0.39 is 17.2 Å². The van der Waals surface area contributed by atoms with E-state index in [1.807, 2.05) is 19.1 Å². The molecule has 0 aliphatic carbocycles. The van der Waals surface area contributed by atoms with Crippen LogP contribution in [0.4, 0.5) is 0 Å². The number of benzene rings is 1. The van der Waals surface area contributed by atoms with Crippen LogP contribution in [0, 0.1) is 0 Å². The second kappa shape index (κ2) is 6.72. The minimum atomic E-state index is -1.39. The van der Waals surface area contributed by atoms with Crippen LogP contribution in [-0.2, 0) is 9.53 Å². The van der Waals surface area contributed by atoms with Gasteiger partial charge in [-0.15, -0.1) is 0 Å². The lowest BCUT2D eigenvalue weighted by atomic mass is 9.99. The zero-order chi connectivity index (χ0) is 18.0. The maximum absolute atomic E-state index is 11.5. The van der Waals surface area contributed by atoms with Gasteiger partial charge in [-0.25, -0.2) is 9.59 Å². The smallest absolute Gasteiger partial charge is 0.338 e. The number of esters is 1. The Balaban J connectivity index is 1.57. The highest BCUT2D eigenvalue weighted by molar-refractivity contribution is 5.81. The molecule has 0 amide bonds. The number of aliphatic hydroxyl groups is 1. The predicted molar refractivity (Wildman–Crippen MR) is 91.5 cm³/mol. The molecule has 2 heterocycles. The van der Waals surface area contributed by atoms with Crippen LogP contribution < -0.4 is 10.4 Å². The van der Waals surface area contributed by atoms with Crippen molar-refractivity contribution in [2.45, 2.75) is 38.4 Å². The highest BCUT2D eigenvalue weighted by Crippen LogP contribution is 2.28. The molecule has 0 bridgehead atoms. The van der Waals surface area contributed by atoms with Crippen molar-refractivity contribution in [1.82, 2.24) is 0 Å². The highest BCUT2D eigenvalue weighted by Gasteiger charge is 2.43. The van der Waals surface area contributed by atoms with Crippen molar-refractivity contribution in [3.8, 4) is 5.75 Å². The molecule has 1 aromatic carbocycles. The molecule has 25 heavy (non-hydrogen) atoms. The SMILES string of the molecule is CC(=CCOc1ccc2ccc(=O)oc2c1)CC1CC(C)(O)C(=O)O1. The summed E-state index contributed by atoms with van der Waals surface area (Å²) in [6.45, 7) is 3.73. The molecule has 2 atom stereocenters. The lowest BCUT2D eigenvalue weighted by Crippen LogP contribution is -2.29. The lowest BCUT2D eigenvalue weighted by Gasteiger charge is -2.10. The molecule has 1 fully saturated rings. The second-order valence-corrected chi connectivity index (χ2v) is 6.52. The number of carbonyl (C=O) groups excluding carboxylic acids is 1. The van der Waals surface area contributed by atoms with Gasteiger partial charge in [0.1, 0.15) is 24.0 Å². The monoisotopic (exact) mass is 344 g/mol. The molecule has 0 saturated carbocycles. The summed E-state index contributed by atoms with van der Waals surface area (Å²) in [5.41, 5.74) is -0.313. The van der Waals surface area contributed by atoms with E-state index in [1.54, 1.807) is 18.2 Å². The summed E-state index contributed by atoms with van der Waals surface area (Å²) in [4.78, 5) is 22.7. The van der Waals surface area contributed by atoms with Crippen LogP contribution in [0.2, 0.25) is 0 Å². The van der Waals surface area contributed by atoms with Crippen LogP contribution in [-0.4, -0.2) is 29.4 Å². The van der Waals surface area contributed by atoms with Gasteiger partial charge in [0.2, 0.25) is 0 Å². The molecule has 1 aliphatic heterocycles. The first-order valence-corrected chi connectivity index (χ1v) is 8.09. The molecule has 6 nitrogen and oxygen atoms in total. The Morgan fingerprint density at radius 2 is 2.12 bits per heavy atom. The third-order valence-electron chi connectivity index (χ3n) is 4.16. The van der Waals surface area contributed by atoms with Crippen LogP contribution in [0.25, 0.3) is 11.0 Å². The van der Waals surface area contributed by atoms with Gasteiger partial charge in [-0.05, 0) is 38.1 Å². The van der Waals surface area contributed by atoms with E-state index in [-0.39, 0.29) is 6.10 Å². The van der Waals surface area contributed by atoms with E-state index >= 15 is 0 Å². The number of fused-ring (bicyclic) bond motifs is 1. The van der Waals surface area contributed by atoms with Gasteiger partial charge >= 0.3 is 11.6 Å². The molecule has 1 saturated heterocycles. The van der Waals surface area contributed by atoms with E-state index in [0.29, 0.717) is 30.8 Å². The third-order valence-corrected chi connectivity index (χ3v) is 4.16. The van der Waals surface area contributed by atoms with E-state index in [4.69, 9.17) is 13.9 Å². The van der Waals surface area contributed by atoms with Gasteiger partial charge in [-0.3, -0.25) is 0 Å². The molecule has 0 spiro atoms. The van der Waals surface area contributed by atoms with Crippen molar-refractivity contribution in [3.05, 3.63) is 52.4 Å². The normalized spacial score (nSPS) is 23.7. The highest BCUT2D eigenvalue weighted by atomic mass is 16.6. The zero-order valence-electron chi connectivity index (χ0n) is 14.2. The van der Waals surface area contributed by atoms with Gasteiger partial charge in [0, 0.05) is 30.4 Å². The number of ether oxygens (including phenoxy) is 2. The van der Waals surface area contributed by atoms with Crippen LogP contribution in [0.3, 0.4) is 0 Å². The fourth-order valence-electron chi connectivity index (χ4n) is 2.81. The summed E-state index contributed by atoms with van der Waals surface area (Å²) >= 11 is 0. The van der Waals surface area contributed by atoms with Crippen molar-refractivity contribution in [2.75, 3.05) is 6.61 Å². The van der Waals surface area contributed by atoms with Crippen molar-refractivity contribution in [2.24, 2.45) is 0 Å². The van der Waals surface area contributed by atoms with Gasteiger partial charge < -0.3 is 19.0 Å². The summed E-state index contributed by atoms with van der Waals surface area (Å²) in [5.74, 6) is 0.0281. The van der Waals surface area contributed by atoms with Gasteiger partial charge in [0.25, 0.3) is 0 Å². The number of hydrogen-bond donors (Lipinski definition) is 1. The third kappa shape index (κ3) is 4.09. The quantitative estimate of drug-likeness (QED) is 0.510. The van der Waals surface area contributed by atoms with E-state index in [2.05, 4.69) is 0 Å². The van der Waals surface area contributed by atoms with Gasteiger partial charge in [-0.2, -0.15) is 0 Å². The van der Waals surface area contributed by atoms with Gasteiger partial charge in [0.05, 0.1) is 0 Å². The number of carbonyl (C=O) groups is 1. The summed E-state index contributed by atoms with van der Waals surface area (Å²) in [5, 5.41) is 10.7. The summed E-state index contributed by atoms with van der Waals surface area (Å²) < 4.78 is 15.9. The first-order valence-electron chi connectivity index (χ1n) is 8.09. The average molecular weight is 344 g/mol. The number of hydrogen-bond acceptors (Lipinski definition) is 6. The Morgan fingerprint density at radius 1 is 1.36 bits per heavy atom. The average Bonchev–Trinajstić information content (AvgIpc) is 2.78. The van der Waals surface area contributed by atoms with Crippen molar-refractivity contribution < 1.29 is 23.8 Å². The molecule has 1 aliphatic rings. The number of rotatable bonds is 5. The van der Waals surface area contributed by atoms with E-state index in [1.165, 1.54) is 13.0 Å². The summed E-state index contributed by atoms with van der Waals surface area (Å²) in [6, 6.07) is 8.39. The zero-order valence-corrected chi connectivity index (χ0v) is 14.2. The Morgan fingerprint density at radius 3 is 2.84 bits per heavy atom. The molecule has 6 heteroatoms. The maximum atomic E-state index is 11.5. The van der Waals surface area contributed by atoms with Crippen LogP contribution in [0.5, 0.6) is 5.75 Å². The van der Waals surface area contributed by atoms with Crippen molar-refractivity contribution in [1.29, 1.82) is 0 Å². The Kier molecular flexibility index (Phi) is 4.63. The van der Waals surface area contributed by atoms with Crippen molar-refractivity contribution in [3.63, 3.8) is 0 Å². The Hall–Kier alpha value is -2.60. The summed E-state index contributed by atoms with van der Waals surface area (Å²) in [6.07, 6.45) is 2.43. The molecule has 3 rings (SSSR count). The molecule has 1 N–H and O–H groups in total. The first-order chi connectivity index (χ1) is 11.8. The molecule has 0 radical (unpaired) electrons. The summed E-state index contributed by atoms with van der Waals surface area (Å²) in [7, 11) is 0. The molecule has 1 aromatic heterocycles. The molecule has 2 aromatic rings. The second-order valence-electron chi connectivity index (χ2n) is 6.52. The molecule has 2 unspecified atom stereocenters. The van der Waals surface area contributed by atoms with Gasteiger partial charge in [-0.1, -0.05) is 5.57 Å². The van der Waals surface area contributed by atoms with E-state index in [0.717, 1.165) is 11.0 Å². The lowest BCUT2D eigenvalue weighted by molar-refractivity contribution is -0.153. The molecular weight excluding hydrogens is 324 g/mol.